The monoisotopic (exact) mass is 310 g/mol. The second kappa shape index (κ2) is 7.81. The summed E-state index contributed by atoms with van der Waals surface area (Å²) in [7, 11) is 0. The van der Waals surface area contributed by atoms with Gasteiger partial charge >= 0.3 is 0 Å². The Morgan fingerprint density at radius 2 is 1.95 bits per heavy atom. The third-order valence-electron chi connectivity index (χ3n) is 4.10. The molecular weight excluding hydrogens is 284 g/mol. The van der Waals surface area contributed by atoms with Gasteiger partial charge in [-0.25, -0.2) is 0 Å². The molecule has 1 saturated heterocycles. The summed E-state index contributed by atoms with van der Waals surface area (Å²) >= 11 is 0. The smallest absolute Gasteiger partial charge is 0.244 e. The van der Waals surface area contributed by atoms with Crippen molar-refractivity contribution < 1.29 is 4.79 Å². The summed E-state index contributed by atoms with van der Waals surface area (Å²) in [5.41, 5.74) is 8.22. The third-order valence-corrected chi connectivity index (χ3v) is 4.10. The predicted octanol–water partition coefficient (Wildman–Crippen LogP) is 3.31. The van der Waals surface area contributed by atoms with Gasteiger partial charge < -0.3 is 10.6 Å². The highest BCUT2D eigenvalue weighted by atomic mass is 35.5. The number of amides is 1. The van der Waals surface area contributed by atoms with E-state index in [1.807, 2.05) is 36.1 Å². The Hall–Kier alpha value is -1.06. The molecule has 3 nitrogen and oxygen atoms in total. The molecule has 2 atom stereocenters. The molecule has 1 aliphatic heterocycles. The summed E-state index contributed by atoms with van der Waals surface area (Å²) in [5.74, 6) is 1.41. The Kier molecular flexibility index (Phi) is 6.69. The van der Waals surface area contributed by atoms with Crippen LogP contribution in [-0.4, -0.2) is 23.9 Å². The quantitative estimate of drug-likeness (QED) is 0.927. The maximum Gasteiger partial charge on any atom is 0.244 e. The Morgan fingerprint density at radius 3 is 2.52 bits per heavy atom. The van der Waals surface area contributed by atoms with E-state index in [-0.39, 0.29) is 18.3 Å². The normalized spacial score (nSPS) is 19.5. The first-order valence-electron chi connectivity index (χ1n) is 7.58. The Morgan fingerprint density at radius 1 is 1.33 bits per heavy atom. The lowest BCUT2D eigenvalue weighted by Gasteiger charge is -2.21. The number of aryl methyl sites for hydroxylation is 1. The van der Waals surface area contributed by atoms with Gasteiger partial charge in [-0.3, -0.25) is 4.79 Å². The van der Waals surface area contributed by atoms with E-state index in [4.69, 9.17) is 5.73 Å². The van der Waals surface area contributed by atoms with E-state index in [0.29, 0.717) is 11.8 Å². The van der Waals surface area contributed by atoms with Crippen molar-refractivity contribution in [3.8, 4) is 0 Å². The van der Waals surface area contributed by atoms with Crippen molar-refractivity contribution in [2.24, 2.45) is 17.6 Å². The molecule has 0 aliphatic carbocycles. The number of likely N-dealkylation sites (tertiary alicyclic amines) is 1. The van der Waals surface area contributed by atoms with Crippen LogP contribution in [-0.2, 0) is 4.79 Å². The molecule has 2 N–H and O–H groups in total. The van der Waals surface area contributed by atoms with Crippen LogP contribution in [0.4, 0.5) is 0 Å². The van der Waals surface area contributed by atoms with Crippen molar-refractivity contribution in [2.45, 2.75) is 39.7 Å². The van der Waals surface area contributed by atoms with E-state index in [1.165, 1.54) is 12.0 Å². The summed E-state index contributed by atoms with van der Waals surface area (Å²) in [4.78, 5) is 14.4. The number of carbonyl (C=O) groups excluding carboxylic acids is 1. The lowest BCUT2D eigenvalue weighted by Crippen LogP contribution is -2.37. The summed E-state index contributed by atoms with van der Waals surface area (Å²) in [5, 5.41) is 0. The molecular formula is C17H27ClN2O. The molecule has 1 aromatic carbocycles. The molecule has 0 saturated carbocycles. The SMILES string of the molecule is Cc1ccc(C(N)C(=O)N2CCC(CC(C)C)C2)cc1.Cl. The zero-order chi connectivity index (χ0) is 14.7. The minimum Gasteiger partial charge on any atom is -0.341 e. The Bertz CT molecular complexity index is 458. The molecule has 0 aromatic heterocycles. The van der Waals surface area contributed by atoms with Crippen molar-refractivity contribution >= 4 is 18.3 Å². The number of halogens is 1. The van der Waals surface area contributed by atoms with E-state index in [2.05, 4.69) is 13.8 Å². The number of rotatable bonds is 4. The minimum absolute atomic E-state index is 0. The lowest BCUT2D eigenvalue weighted by atomic mass is 9.97. The molecule has 1 aliphatic rings. The highest BCUT2D eigenvalue weighted by molar-refractivity contribution is 5.85. The average Bonchev–Trinajstić information content (AvgIpc) is 2.85. The van der Waals surface area contributed by atoms with Crippen LogP contribution in [0.5, 0.6) is 0 Å². The number of nitrogens with zero attached hydrogens (tertiary/aromatic N) is 1. The molecule has 4 heteroatoms. The molecule has 21 heavy (non-hydrogen) atoms. The predicted molar refractivity (Wildman–Crippen MR) is 89.5 cm³/mol. The second-order valence-corrected chi connectivity index (χ2v) is 6.46. The molecule has 1 aromatic rings. The summed E-state index contributed by atoms with van der Waals surface area (Å²) in [6.07, 6.45) is 2.31. The fourth-order valence-corrected chi connectivity index (χ4v) is 3.00. The van der Waals surface area contributed by atoms with Crippen molar-refractivity contribution in [1.29, 1.82) is 0 Å². The van der Waals surface area contributed by atoms with Crippen molar-refractivity contribution in [3.63, 3.8) is 0 Å². The van der Waals surface area contributed by atoms with Gasteiger partial charge in [0, 0.05) is 13.1 Å². The fraction of sp³-hybridized carbons (Fsp3) is 0.588. The summed E-state index contributed by atoms with van der Waals surface area (Å²) in [6.45, 7) is 8.24. The van der Waals surface area contributed by atoms with Crippen LogP contribution in [0.3, 0.4) is 0 Å². The largest absolute Gasteiger partial charge is 0.341 e. The maximum absolute atomic E-state index is 12.5. The van der Waals surface area contributed by atoms with Crippen molar-refractivity contribution in [3.05, 3.63) is 35.4 Å². The van der Waals surface area contributed by atoms with Crippen LogP contribution in [0.2, 0.25) is 0 Å². The van der Waals surface area contributed by atoms with Gasteiger partial charge in [-0.15, -0.1) is 12.4 Å². The molecule has 1 heterocycles. The number of benzene rings is 1. The standard InChI is InChI=1S/C17H26N2O.ClH/c1-12(2)10-14-8-9-19(11-14)17(20)16(18)15-6-4-13(3)5-7-15;/h4-7,12,14,16H,8-11,18H2,1-3H3;1H. The fourth-order valence-electron chi connectivity index (χ4n) is 3.00. The van der Waals surface area contributed by atoms with Crippen LogP contribution in [0.15, 0.2) is 24.3 Å². The Balaban J connectivity index is 0.00000220. The van der Waals surface area contributed by atoms with Crippen LogP contribution < -0.4 is 5.73 Å². The third kappa shape index (κ3) is 4.72. The first-order chi connectivity index (χ1) is 9.47. The van der Waals surface area contributed by atoms with Gasteiger partial charge in [0.25, 0.3) is 0 Å². The second-order valence-electron chi connectivity index (χ2n) is 6.46. The number of nitrogens with two attached hydrogens (primary N) is 1. The van der Waals surface area contributed by atoms with Crippen LogP contribution >= 0.6 is 12.4 Å². The maximum atomic E-state index is 12.5. The molecule has 1 amide bonds. The van der Waals surface area contributed by atoms with Gasteiger partial charge in [0.05, 0.1) is 0 Å². The summed E-state index contributed by atoms with van der Waals surface area (Å²) in [6, 6.07) is 7.41. The number of carbonyl (C=O) groups is 1. The van der Waals surface area contributed by atoms with Gasteiger partial charge in [0.2, 0.25) is 5.91 Å². The zero-order valence-electron chi connectivity index (χ0n) is 13.2. The van der Waals surface area contributed by atoms with Gasteiger partial charge in [-0.2, -0.15) is 0 Å². The highest BCUT2D eigenvalue weighted by Crippen LogP contribution is 2.25. The van der Waals surface area contributed by atoms with Crippen molar-refractivity contribution in [1.82, 2.24) is 4.90 Å². The van der Waals surface area contributed by atoms with E-state index in [1.54, 1.807) is 0 Å². The van der Waals surface area contributed by atoms with E-state index < -0.39 is 6.04 Å². The van der Waals surface area contributed by atoms with Gasteiger partial charge in [-0.1, -0.05) is 43.7 Å². The first-order valence-corrected chi connectivity index (χ1v) is 7.58. The number of hydrogen-bond acceptors (Lipinski definition) is 2. The van der Waals surface area contributed by atoms with Gasteiger partial charge in [0.15, 0.2) is 0 Å². The van der Waals surface area contributed by atoms with Gasteiger partial charge in [-0.05, 0) is 37.2 Å². The van der Waals surface area contributed by atoms with Crippen LogP contribution in [0.25, 0.3) is 0 Å². The van der Waals surface area contributed by atoms with E-state index >= 15 is 0 Å². The van der Waals surface area contributed by atoms with Crippen molar-refractivity contribution in [2.75, 3.05) is 13.1 Å². The molecule has 0 spiro atoms. The van der Waals surface area contributed by atoms with E-state index in [9.17, 15) is 4.79 Å². The zero-order valence-corrected chi connectivity index (χ0v) is 14.0. The van der Waals surface area contributed by atoms with Crippen LogP contribution in [0.1, 0.15) is 43.9 Å². The average molecular weight is 311 g/mol. The number of hydrogen-bond donors (Lipinski definition) is 1. The molecule has 0 bridgehead atoms. The molecule has 0 radical (unpaired) electrons. The Labute approximate surface area is 134 Å². The van der Waals surface area contributed by atoms with Crippen LogP contribution in [0, 0.1) is 18.8 Å². The highest BCUT2D eigenvalue weighted by Gasteiger charge is 2.30. The lowest BCUT2D eigenvalue weighted by molar-refractivity contribution is -0.131. The molecule has 118 valence electrons. The summed E-state index contributed by atoms with van der Waals surface area (Å²) < 4.78 is 0. The first kappa shape index (κ1) is 18.0. The van der Waals surface area contributed by atoms with E-state index in [0.717, 1.165) is 25.1 Å². The minimum atomic E-state index is -0.520. The molecule has 2 unspecified atom stereocenters. The topological polar surface area (TPSA) is 46.3 Å². The molecule has 2 rings (SSSR count). The van der Waals surface area contributed by atoms with Gasteiger partial charge in [0.1, 0.15) is 6.04 Å². The molecule has 1 fully saturated rings.